The predicted octanol–water partition coefficient (Wildman–Crippen LogP) is 1.58. The zero-order valence-corrected chi connectivity index (χ0v) is 13.2. The number of nitrogens with two attached hydrogens (primary N) is 1. The summed E-state index contributed by atoms with van der Waals surface area (Å²) in [6, 6.07) is 3.71. The summed E-state index contributed by atoms with van der Waals surface area (Å²) in [6.45, 7) is 4.23. The number of phenolic OH excluding ortho intramolecular Hbond substituents is 1. The molecule has 4 N–H and O–H groups in total. The Hall–Kier alpha value is -2.76. The SMILES string of the molecule is Cc1ccc(C)c(NCC2CC(/C=C/C(N)=O)=CN2C=O)c1O. The van der Waals surface area contributed by atoms with Crippen molar-refractivity contribution in [3.63, 3.8) is 0 Å². The third-order valence-electron chi connectivity index (χ3n) is 3.89. The maximum absolute atomic E-state index is 11.2. The van der Waals surface area contributed by atoms with Crippen molar-refractivity contribution in [1.29, 1.82) is 0 Å². The normalized spacial score (nSPS) is 17.4. The van der Waals surface area contributed by atoms with Crippen LogP contribution in [0.1, 0.15) is 17.5 Å². The quantitative estimate of drug-likeness (QED) is 0.422. The Balaban J connectivity index is 2.06. The van der Waals surface area contributed by atoms with Gasteiger partial charge in [0.25, 0.3) is 0 Å². The second-order valence-electron chi connectivity index (χ2n) is 5.65. The van der Waals surface area contributed by atoms with Gasteiger partial charge in [-0.2, -0.15) is 0 Å². The van der Waals surface area contributed by atoms with Crippen LogP contribution in [0.3, 0.4) is 0 Å². The Morgan fingerprint density at radius 2 is 2.13 bits per heavy atom. The van der Waals surface area contributed by atoms with Crippen molar-refractivity contribution in [3.8, 4) is 5.75 Å². The number of benzene rings is 1. The lowest BCUT2D eigenvalue weighted by molar-refractivity contribution is -0.117. The molecule has 1 aliphatic rings. The van der Waals surface area contributed by atoms with E-state index in [1.165, 1.54) is 6.08 Å². The van der Waals surface area contributed by atoms with Gasteiger partial charge in [-0.3, -0.25) is 9.59 Å². The fourth-order valence-electron chi connectivity index (χ4n) is 2.56. The number of hydrogen-bond acceptors (Lipinski definition) is 4. The number of anilines is 1. The van der Waals surface area contributed by atoms with Crippen LogP contribution >= 0.6 is 0 Å². The smallest absolute Gasteiger partial charge is 0.241 e. The zero-order chi connectivity index (χ0) is 17.0. The number of aromatic hydroxyl groups is 1. The summed E-state index contributed by atoms with van der Waals surface area (Å²) in [5.74, 6) is -0.298. The summed E-state index contributed by atoms with van der Waals surface area (Å²) in [6.07, 6.45) is 5.96. The minimum atomic E-state index is -0.523. The van der Waals surface area contributed by atoms with Crippen molar-refractivity contribution < 1.29 is 14.7 Å². The largest absolute Gasteiger partial charge is 0.505 e. The van der Waals surface area contributed by atoms with Crippen LogP contribution in [-0.4, -0.2) is 34.9 Å². The molecule has 0 spiro atoms. The number of phenols is 1. The standard InChI is InChI=1S/C17H21N3O3/c1-11-3-4-12(2)17(23)16(11)19-8-14-7-13(5-6-15(18)22)9-20(14)10-21/h3-6,9-10,14,19,23H,7-8H2,1-2H3,(H2,18,22)/b6-5+. The number of nitrogens with one attached hydrogen (secondary N) is 1. The Bertz CT molecular complexity index is 680. The highest BCUT2D eigenvalue weighted by molar-refractivity contribution is 5.86. The molecule has 0 saturated heterocycles. The van der Waals surface area contributed by atoms with E-state index in [1.807, 2.05) is 26.0 Å². The Morgan fingerprint density at radius 1 is 1.43 bits per heavy atom. The molecule has 1 heterocycles. The maximum Gasteiger partial charge on any atom is 0.241 e. The molecule has 2 rings (SSSR count). The third kappa shape index (κ3) is 3.91. The molecule has 2 amide bonds. The number of hydrogen-bond donors (Lipinski definition) is 3. The lowest BCUT2D eigenvalue weighted by Crippen LogP contribution is -2.32. The van der Waals surface area contributed by atoms with Crippen LogP contribution in [-0.2, 0) is 9.59 Å². The molecule has 0 aliphatic carbocycles. The van der Waals surface area contributed by atoms with E-state index in [0.29, 0.717) is 18.7 Å². The fourth-order valence-corrected chi connectivity index (χ4v) is 2.56. The number of amides is 2. The van der Waals surface area contributed by atoms with Crippen LogP contribution in [0.5, 0.6) is 5.75 Å². The monoisotopic (exact) mass is 315 g/mol. The molecule has 0 bridgehead atoms. The second-order valence-corrected chi connectivity index (χ2v) is 5.65. The van der Waals surface area contributed by atoms with E-state index >= 15 is 0 Å². The van der Waals surface area contributed by atoms with Gasteiger partial charge in [0.1, 0.15) is 5.75 Å². The molecule has 0 radical (unpaired) electrons. The van der Waals surface area contributed by atoms with Gasteiger partial charge in [0.05, 0.1) is 11.7 Å². The molecule has 1 aromatic rings. The first-order valence-electron chi connectivity index (χ1n) is 7.36. The van der Waals surface area contributed by atoms with Crippen molar-refractivity contribution in [2.45, 2.75) is 26.3 Å². The van der Waals surface area contributed by atoms with Crippen molar-refractivity contribution in [1.82, 2.24) is 4.90 Å². The van der Waals surface area contributed by atoms with E-state index in [4.69, 9.17) is 5.73 Å². The van der Waals surface area contributed by atoms with Gasteiger partial charge in [-0.05, 0) is 37.0 Å². The van der Waals surface area contributed by atoms with Gasteiger partial charge in [-0.25, -0.2) is 0 Å². The molecule has 23 heavy (non-hydrogen) atoms. The highest BCUT2D eigenvalue weighted by Crippen LogP contribution is 2.31. The molecule has 1 aromatic carbocycles. The summed E-state index contributed by atoms with van der Waals surface area (Å²) in [5.41, 5.74) is 8.34. The van der Waals surface area contributed by atoms with Crippen molar-refractivity contribution in [3.05, 3.63) is 47.2 Å². The second kappa shape index (κ2) is 7.00. The number of aryl methyl sites for hydroxylation is 2. The molecule has 0 saturated carbocycles. The maximum atomic E-state index is 11.2. The van der Waals surface area contributed by atoms with Crippen LogP contribution in [0, 0.1) is 13.8 Å². The van der Waals surface area contributed by atoms with Gasteiger partial charge in [0.2, 0.25) is 12.3 Å². The molecule has 1 unspecified atom stereocenters. The van der Waals surface area contributed by atoms with Gasteiger partial charge in [-0.1, -0.05) is 18.2 Å². The molecule has 0 fully saturated rings. The molecular formula is C17H21N3O3. The van der Waals surface area contributed by atoms with Gasteiger partial charge >= 0.3 is 0 Å². The molecular weight excluding hydrogens is 294 g/mol. The zero-order valence-electron chi connectivity index (χ0n) is 13.2. The summed E-state index contributed by atoms with van der Waals surface area (Å²) < 4.78 is 0. The lowest BCUT2D eigenvalue weighted by Gasteiger charge is -2.21. The van der Waals surface area contributed by atoms with Gasteiger partial charge in [0, 0.05) is 18.8 Å². The molecule has 6 heteroatoms. The average Bonchev–Trinajstić information content (AvgIpc) is 2.91. The van der Waals surface area contributed by atoms with Crippen LogP contribution in [0.4, 0.5) is 5.69 Å². The minimum Gasteiger partial charge on any atom is -0.505 e. The van der Waals surface area contributed by atoms with Crippen LogP contribution in [0.15, 0.2) is 36.1 Å². The average molecular weight is 315 g/mol. The first kappa shape index (κ1) is 16.6. The summed E-state index contributed by atoms with van der Waals surface area (Å²) in [7, 11) is 0. The lowest BCUT2D eigenvalue weighted by atomic mass is 10.1. The minimum absolute atomic E-state index is 0.0839. The molecule has 1 aliphatic heterocycles. The number of carbonyl (C=O) groups is 2. The Kier molecular flexibility index (Phi) is 5.05. The van der Waals surface area contributed by atoms with Crippen molar-refractivity contribution in [2.75, 3.05) is 11.9 Å². The molecule has 0 aromatic heterocycles. The van der Waals surface area contributed by atoms with Crippen LogP contribution < -0.4 is 11.1 Å². The van der Waals surface area contributed by atoms with E-state index in [9.17, 15) is 14.7 Å². The van der Waals surface area contributed by atoms with E-state index < -0.39 is 5.91 Å². The van der Waals surface area contributed by atoms with E-state index in [-0.39, 0.29) is 11.8 Å². The van der Waals surface area contributed by atoms with E-state index in [2.05, 4.69) is 5.32 Å². The molecule has 122 valence electrons. The van der Waals surface area contributed by atoms with Crippen LogP contribution in [0.25, 0.3) is 0 Å². The molecule has 1 atom stereocenters. The number of primary amides is 1. The van der Waals surface area contributed by atoms with Crippen molar-refractivity contribution in [2.24, 2.45) is 5.73 Å². The summed E-state index contributed by atoms with van der Waals surface area (Å²) >= 11 is 0. The fraction of sp³-hybridized carbons (Fsp3) is 0.294. The third-order valence-corrected chi connectivity index (χ3v) is 3.89. The van der Waals surface area contributed by atoms with Gasteiger partial charge in [-0.15, -0.1) is 0 Å². The van der Waals surface area contributed by atoms with Gasteiger partial charge < -0.3 is 21.1 Å². The molecule has 6 nitrogen and oxygen atoms in total. The topological polar surface area (TPSA) is 95.7 Å². The van der Waals surface area contributed by atoms with E-state index in [1.54, 1.807) is 17.2 Å². The number of nitrogens with zero attached hydrogens (tertiary/aromatic N) is 1. The highest BCUT2D eigenvalue weighted by Gasteiger charge is 2.23. The van der Waals surface area contributed by atoms with Crippen LogP contribution in [0.2, 0.25) is 0 Å². The predicted molar refractivity (Wildman–Crippen MR) is 88.8 cm³/mol. The first-order valence-corrected chi connectivity index (χ1v) is 7.36. The Morgan fingerprint density at radius 3 is 2.78 bits per heavy atom. The number of rotatable bonds is 6. The number of carbonyl (C=O) groups excluding carboxylic acids is 2. The highest BCUT2D eigenvalue weighted by atomic mass is 16.3. The van der Waals surface area contributed by atoms with Gasteiger partial charge in [0.15, 0.2) is 0 Å². The van der Waals surface area contributed by atoms with Crippen molar-refractivity contribution >= 4 is 18.0 Å². The summed E-state index contributed by atoms with van der Waals surface area (Å²) in [5, 5.41) is 13.4. The van der Waals surface area contributed by atoms with E-state index in [0.717, 1.165) is 23.1 Å². The number of allylic oxidation sites excluding steroid dienone is 1. The first-order chi connectivity index (χ1) is 10.9. The Labute approximate surface area is 135 Å². The summed E-state index contributed by atoms with van der Waals surface area (Å²) in [4.78, 5) is 23.5.